The molecule has 1 atom stereocenters. The van der Waals surface area contributed by atoms with Crippen molar-refractivity contribution in [1.82, 2.24) is 25.0 Å². The highest BCUT2D eigenvalue weighted by Gasteiger charge is 2.33. The maximum absolute atomic E-state index is 12.6. The predicted molar refractivity (Wildman–Crippen MR) is 118 cm³/mol. The SMILES string of the molecule is Cc1ccc([C@@H]2CC(=O)Nc3c2c(C)nn3-c2nncc(-c3ccccc3)n2)cc1C. The summed E-state index contributed by atoms with van der Waals surface area (Å²) in [5.41, 5.74) is 7.02. The second kappa shape index (κ2) is 7.43. The molecule has 7 heteroatoms. The van der Waals surface area contributed by atoms with E-state index in [1.807, 2.05) is 37.3 Å². The van der Waals surface area contributed by atoms with Crippen LogP contribution in [0, 0.1) is 20.8 Å². The van der Waals surface area contributed by atoms with Gasteiger partial charge in [0.25, 0.3) is 5.95 Å². The molecule has 0 spiro atoms. The van der Waals surface area contributed by atoms with Gasteiger partial charge >= 0.3 is 0 Å². The zero-order valence-corrected chi connectivity index (χ0v) is 17.6. The van der Waals surface area contributed by atoms with E-state index in [2.05, 4.69) is 57.6 Å². The number of carbonyl (C=O) groups is 1. The van der Waals surface area contributed by atoms with E-state index >= 15 is 0 Å². The summed E-state index contributed by atoms with van der Waals surface area (Å²) < 4.78 is 1.59. The number of aryl methyl sites for hydroxylation is 3. The number of benzene rings is 2. The fourth-order valence-electron chi connectivity index (χ4n) is 4.09. The van der Waals surface area contributed by atoms with Crippen LogP contribution in [0.2, 0.25) is 0 Å². The average molecular weight is 410 g/mol. The minimum absolute atomic E-state index is 0.0518. The van der Waals surface area contributed by atoms with Crippen LogP contribution < -0.4 is 5.32 Å². The minimum Gasteiger partial charge on any atom is -0.310 e. The van der Waals surface area contributed by atoms with Gasteiger partial charge in [0.1, 0.15) is 5.82 Å². The summed E-state index contributed by atoms with van der Waals surface area (Å²) in [5.74, 6) is 0.821. The molecule has 0 radical (unpaired) electrons. The van der Waals surface area contributed by atoms with Crippen molar-refractivity contribution in [2.75, 3.05) is 5.32 Å². The summed E-state index contributed by atoms with van der Waals surface area (Å²) >= 11 is 0. The molecule has 5 rings (SSSR count). The summed E-state index contributed by atoms with van der Waals surface area (Å²) in [4.78, 5) is 17.3. The van der Waals surface area contributed by atoms with Gasteiger partial charge in [0.15, 0.2) is 0 Å². The van der Waals surface area contributed by atoms with Crippen molar-refractivity contribution >= 4 is 11.7 Å². The number of aromatic nitrogens is 5. The maximum Gasteiger partial charge on any atom is 0.272 e. The summed E-state index contributed by atoms with van der Waals surface area (Å²) in [5, 5.41) is 16.0. The molecule has 2 aromatic carbocycles. The Hall–Kier alpha value is -3.87. The molecule has 1 N–H and O–H groups in total. The first kappa shape index (κ1) is 19.1. The number of fused-ring (bicyclic) bond motifs is 1. The molecule has 1 aliphatic rings. The third-order valence-electron chi connectivity index (χ3n) is 5.84. The number of hydrogen-bond acceptors (Lipinski definition) is 5. The molecule has 0 aliphatic carbocycles. The van der Waals surface area contributed by atoms with Crippen LogP contribution >= 0.6 is 0 Å². The average Bonchev–Trinajstić information content (AvgIpc) is 3.12. The van der Waals surface area contributed by atoms with E-state index in [1.54, 1.807) is 10.9 Å². The highest BCUT2D eigenvalue weighted by molar-refractivity contribution is 5.95. The first-order valence-corrected chi connectivity index (χ1v) is 10.2. The first-order valence-electron chi connectivity index (χ1n) is 10.2. The quantitative estimate of drug-likeness (QED) is 0.549. The highest BCUT2D eigenvalue weighted by atomic mass is 16.1. The van der Waals surface area contributed by atoms with Crippen molar-refractivity contribution < 1.29 is 4.79 Å². The van der Waals surface area contributed by atoms with Crippen LogP contribution in [-0.2, 0) is 4.79 Å². The minimum atomic E-state index is -0.0675. The Morgan fingerprint density at radius 3 is 2.61 bits per heavy atom. The largest absolute Gasteiger partial charge is 0.310 e. The Kier molecular flexibility index (Phi) is 4.58. The molecule has 0 saturated carbocycles. The summed E-state index contributed by atoms with van der Waals surface area (Å²) in [6.07, 6.45) is 2.00. The van der Waals surface area contributed by atoms with Gasteiger partial charge in [-0.05, 0) is 37.5 Å². The predicted octanol–water partition coefficient (Wildman–Crippen LogP) is 4.12. The van der Waals surface area contributed by atoms with Gasteiger partial charge in [-0.15, -0.1) is 5.10 Å². The second-order valence-corrected chi connectivity index (χ2v) is 7.92. The number of anilines is 1. The molecule has 31 heavy (non-hydrogen) atoms. The molecular formula is C24H22N6O. The fraction of sp³-hybridized carbons (Fsp3) is 0.208. The van der Waals surface area contributed by atoms with Crippen LogP contribution in [0.4, 0.5) is 5.82 Å². The zero-order valence-electron chi connectivity index (χ0n) is 17.6. The molecule has 0 unspecified atom stereocenters. The van der Waals surface area contributed by atoms with E-state index in [1.165, 1.54) is 11.1 Å². The van der Waals surface area contributed by atoms with Gasteiger partial charge in [0.2, 0.25) is 5.91 Å². The van der Waals surface area contributed by atoms with Crippen molar-refractivity contribution in [3.8, 4) is 17.2 Å². The Morgan fingerprint density at radius 1 is 1.03 bits per heavy atom. The molecule has 1 amide bonds. The Bertz CT molecular complexity index is 1290. The van der Waals surface area contributed by atoms with Crippen molar-refractivity contribution in [3.63, 3.8) is 0 Å². The molecule has 2 aromatic heterocycles. The number of hydrogen-bond donors (Lipinski definition) is 1. The number of rotatable bonds is 3. The number of nitrogens with zero attached hydrogens (tertiary/aromatic N) is 5. The maximum atomic E-state index is 12.6. The fourth-order valence-corrected chi connectivity index (χ4v) is 4.09. The summed E-state index contributed by atoms with van der Waals surface area (Å²) in [7, 11) is 0. The lowest BCUT2D eigenvalue weighted by atomic mass is 9.84. The topological polar surface area (TPSA) is 85.6 Å². The number of carbonyl (C=O) groups excluding carboxylic acids is 1. The molecule has 0 saturated heterocycles. The van der Waals surface area contributed by atoms with Crippen LogP contribution in [0.15, 0.2) is 54.7 Å². The standard InChI is InChI=1S/C24H22N6O/c1-14-9-10-18(11-15(14)2)19-12-21(31)27-23-22(19)16(3)29-30(23)24-26-20(13-25-28-24)17-7-5-4-6-8-17/h4-11,13,19H,12H2,1-3H3,(H,27,31)/t19-/m0/s1. The first-order chi connectivity index (χ1) is 15.0. The van der Waals surface area contributed by atoms with Crippen LogP contribution in [0.5, 0.6) is 0 Å². The molecule has 1 aliphatic heterocycles. The van der Waals surface area contributed by atoms with Gasteiger partial charge in [-0.2, -0.15) is 14.9 Å². The molecule has 7 nitrogen and oxygen atoms in total. The van der Waals surface area contributed by atoms with Crippen LogP contribution in [0.1, 0.15) is 40.3 Å². The lowest BCUT2D eigenvalue weighted by molar-refractivity contribution is -0.116. The van der Waals surface area contributed by atoms with E-state index < -0.39 is 0 Å². The van der Waals surface area contributed by atoms with E-state index in [9.17, 15) is 4.79 Å². The molecular weight excluding hydrogens is 388 g/mol. The molecule has 3 heterocycles. The van der Waals surface area contributed by atoms with Gasteiger partial charge in [0, 0.05) is 23.5 Å². The number of nitrogens with one attached hydrogen (secondary N) is 1. The molecule has 0 bridgehead atoms. The summed E-state index contributed by atoms with van der Waals surface area (Å²) in [6, 6.07) is 16.1. The zero-order chi connectivity index (χ0) is 21.5. The van der Waals surface area contributed by atoms with Crippen molar-refractivity contribution in [2.45, 2.75) is 33.1 Å². The third kappa shape index (κ3) is 3.38. The van der Waals surface area contributed by atoms with Gasteiger partial charge in [-0.3, -0.25) is 4.79 Å². The van der Waals surface area contributed by atoms with E-state index in [0.29, 0.717) is 23.9 Å². The van der Waals surface area contributed by atoms with E-state index in [4.69, 9.17) is 0 Å². The van der Waals surface area contributed by atoms with E-state index in [0.717, 1.165) is 22.4 Å². The lowest BCUT2D eigenvalue weighted by Crippen LogP contribution is -2.25. The van der Waals surface area contributed by atoms with Gasteiger partial charge in [-0.25, -0.2) is 4.98 Å². The molecule has 0 fully saturated rings. The summed E-state index contributed by atoms with van der Waals surface area (Å²) in [6.45, 7) is 6.13. The third-order valence-corrected chi connectivity index (χ3v) is 5.84. The Labute approximate surface area is 180 Å². The van der Waals surface area contributed by atoms with Gasteiger partial charge in [-0.1, -0.05) is 48.5 Å². The van der Waals surface area contributed by atoms with Gasteiger partial charge in [0.05, 0.1) is 17.6 Å². The monoisotopic (exact) mass is 410 g/mol. The van der Waals surface area contributed by atoms with Crippen molar-refractivity contribution in [2.24, 2.45) is 0 Å². The smallest absolute Gasteiger partial charge is 0.272 e. The van der Waals surface area contributed by atoms with Crippen LogP contribution in [-0.4, -0.2) is 30.9 Å². The number of amides is 1. The highest BCUT2D eigenvalue weighted by Crippen LogP contribution is 2.40. The van der Waals surface area contributed by atoms with Crippen molar-refractivity contribution in [3.05, 3.63) is 82.7 Å². The molecule has 154 valence electrons. The van der Waals surface area contributed by atoms with E-state index in [-0.39, 0.29) is 11.8 Å². The normalized spacial score (nSPS) is 15.5. The molecule has 4 aromatic rings. The Balaban J connectivity index is 1.63. The van der Waals surface area contributed by atoms with Crippen molar-refractivity contribution in [1.29, 1.82) is 0 Å². The second-order valence-electron chi connectivity index (χ2n) is 7.92. The Morgan fingerprint density at radius 2 is 1.84 bits per heavy atom. The van der Waals surface area contributed by atoms with Gasteiger partial charge < -0.3 is 5.32 Å². The van der Waals surface area contributed by atoms with Crippen LogP contribution in [0.3, 0.4) is 0 Å². The lowest BCUT2D eigenvalue weighted by Gasteiger charge is -2.24. The van der Waals surface area contributed by atoms with Crippen LogP contribution in [0.25, 0.3) is 17.2 Å².